The maximum atomic E-state index is 12.5. The molecule has 0 fully saturated rings. The summed E-state index contributed by atoms with van der Waals surface area (Å²) in [6, 6.07) is -0.542. The largest absolute Gasteiger partial charge is 0.466 e. The minimum absolute atomic E-state index is 0.00421. The molecule has 0 aromatic carbocycles. The normalized spacial score (nSPS) is 12.8. The molecule has 2 unspecified atom stereocenters. The highest BCUT2D eigenvalue weighted by molar-refractivity contribution is 5.76. The number of hydrogen-bond donors (Lipinski definition) is 3. The van der Waals surface area contributed by atoms with Crippen LogP contribution in [0.15, 0.2) is 48.6 Å². The van der Waals surface area contributed by atoms with Crippen molar-refractivity contribution in [3.05, 3.63) is 48.6 Å². The van der Waals surface area contributed by atoms with E-state index in [-0.39, 0.29) is 18.5 Å². The van der Waals surface area contributed by atoms with Crippen LogP contribution in [-0.2, 0) is 14.3 Å². The topological polar surface area (TPSA) is 95.9 Å². The Morgan fingerprint density at radius 1 is 0.368 bits per heavy atom. The molecule has 0 heterocycles. The predicted octanol–water partition coefficient (Wildman–Crippen LogP) is 21.7. The molecule has 1 amide bonds. The average Bonchev–Trinajstić information content (AvgIpc) is 3.42. The minimum atomic E-state index is -0.665. The molecule has 6 heteroatoms. The van der Waals surface area contributed by atoms with Crippen molar-refractivity contribution in [3.8, 4) is 0 Å². The summed E-state index contributed by atoms with van der Waals surface area (Å²) in [5.74, 6) is -0.0310. The summed E-state index contributed by atoms with van der Waals surface area (Å²) < 4.78 is 5.49. The lowest BCUT2D eigenvalue weighted by atomic mass is 10.0. The Hall–Kier alpha value is -2.18. The number of amides is 1. The molecule has 0 saturated carbocycles. The smallest absolute Gasteiger partial charge is 0.305 e. The van der Waals surface area contributed by atoms with Gasteiger partial charge in [-0.15, -0.1) is 0 Å². The van der Waals surface area contributed by atoms with Crippen molar-refractivity contribution >= 4 is 11.9 Å². The minimum Gasteiger partial charge on any atom is -0.466 e. The number of esters is 1. The fraction of sp³-hybridized carbons (Fsp3) is 0.857. The predicted molar refractivity (Wildman–Crippen MR) is 333 cm³/mol. The quantitative estimate of drug-likeness (QED) is 0.0320. The second kappa shape index (κ2) is 65.3. The molecule has 6 nitrogen and oxygen atoms in total. The summed E-state index contributed by atoms with van der Waals surface area (Å²) in [6.45, 7) is 4.93. The van der Waals surface area contributed by atoms with Crippen LogP contribution in [0.25, 0.3) is 0 Å². The van der Waals surface area contributed by atoms with Gasteiger partial charge in [0.2, 0.25) is 5.91 Å². The molecule has 76 heavy (non-hydrogen) atoms. The van der Waals surface area contributed by atoms with Gasteiger partial charge in [0.15, 0.2) is 0 Å². The van der Waals surface area contributed by atoms with Gasteiger partial charge >= 0.3 is 5.97 Å². The van der Waals surface area contributed by atoms with E-state index in [1.807, 2.05) is 0 Å². The first kappa shape index (κ1) is 73.8. The monoisotopic (exact) mass is 1070 g/mol. The number of hydrogen-bond acceptors (Lipinski definition) is 5. The van der Waals surface area contributed by atoms with E-state index < -0.39 is 12.1 Å². The fourth-order valence-corrected chi connectivity index (χ4v) is 10.4. The Morgan fingerprint density at radius 2 is 0.658 bits per heavy atom. The second-order valence-electron chi connectivity index (χ2n) is 23.1. The van der Waals surface area contributed by atoms with Gasteiger partial charge in [-0.2, -0.15) is 0 Å². The third kappa shape index (κ3) is 61.0. The van der Waals surface area contributed by atoms with E-state index in [2.05, 4.69) is 67.8 Å². The zero-order valence-electron chi connectivity index (χ0n) is 51.0. The van der Waals surface area contributed by atoms with Crippen molar-refractivity contribution in [1.29, 1.82) is 0 Å². The first-order valence-corrected chi connectivity index (χ1v) is 33.9. The van der Waals surface area contributed by atoms with Crippen LogP contribution in [0.2, 0.25) is 0 Å². The van der Waals surface area contributed by atoms with Crippen molar-refractivity contribution in [2.24, 2.45) is 0 Å². The standard InChI is InChI=1S/C70H131NO5/c1-3-5-7-9-11-13-15-17-18-32-36-40-44-48-52-56-60-64-70(75)76-65-61-57-53-49-45-41-37-34-31-29-27-25-23-21-19-20-22-24-26-28-30-33-35-39-43-47-51-55-59-63-69(74)71-67(66-72)68(73)62-58-54-50-46-42-38-16-14-12-10-8-6-4-2/h11,13,17-19,21,25,27,67-68,72-73H,3-10,12,14-16,20,22-24,26,28-66H2,1-2H3,(H,71,74)/b13-11-,18-17-,21-19-,27-25-. The molecule has 0 radical (unpaired) electrons. The van der Waals surface area contributed by atoms with Crippen LogP contribution in [0.4, 0.5) is 0 Å². The number of ether oxygens (including phenoxy) is 1. The fourth-order valence-electron chi connectivity index (χ4n) is 10.4. The lowest BCUT2D eigenvalue weighted by Gasteiger charge is -2.22. The van der Waals surface area contributed by atoms with Gasteiger partial charge in [-0.05, 0) is 89.9 Å². The van der Waals surface area contributed by atoms with Crippen molar-refractivity contribution in [3.63, 3.8) is 0 Å². The molecule has 0 aromatic heterocycles. The second-order valence-corrected chi connectivity index (χ2v) is 23.1. The summed E-state index contributed by atoms with van der Waals surface area (Å²) in [4.78, 5) is 24.6. The number of aliphatic hydroxyl groups is 2. The lowest BCUT2D eigenvalue weighted by molar-refractivity contribution is -0.143. The van der Waals surface area contributed by atoms with E-state index >= 15 is 0 Å². The number of unbranched alkanes of at least 4 members (excludes halogenated alkanes) is 44. The number of allylic oxidation sites excluding steroid dienone is 8. The molecule has 0 bridgehead atoms. The van der Waals surface area contributed by atoms with Crippen molar-refractivity contribution in [2.75, 3.05) is 13.2 Å². The molecular formula is C70H131NO5. The van der Waals surface area contributed by atoms with Crippen LogP contribution in [0, 0.1) is 0 Å². The summed E-state index contributed by atoms with van der Waals surface area (Å²) in [6.07, 6.45) is 84.3. The summed E-state index contributed by atoms with van der Waals surface area (Å²) >= 11 is 0. The average molecular weight is 1070 g/mol. The van der Waals surface area contributed by atoms with E-state index in [9.17, 15) is 19.8 Å². The van der Waals surface area contributed by atoms with Gasteiger partial charge in [0.1, 0.15) is 0 Å². The first-order chi connectivity index (χ1) is 37.5. The lowest BCUT2D eigenvalue weighted by Crippen LogP contribution is -2.45. The van der Waals surface area contributed by atoms with Gasteiger partial charge in [-0.25, -0.2) is 0 Å². The molecule has 0 saturated heterocycles. The SMILES string of the molecule is CCCCC/C=C\C/C=C\CCCCCCCCCC(=O)OCCCCCCCCCCC/C=C\C/C=C\CCCCCCCCCCCCCCCC(=O)NC(CO)C(O)CCCCCCCCCCCCCCC. The van der Waals surface area contributed by atoms with Crippen LogP contribution < -0.4 is 5.32 Å². The molecule has 0 aliphatic rings. The van der Waals surface area contributed by atoms with Crippen molar-refractivity contribution < 1.29 is 24.5 Å². The van der Waals surface area contributed by atoms with Gasteiger partial charge in [-0.3, -0.25) is 9.59 Å². The molecule has 3 N–H and O–H groups in total. The van der Waals surface area contributed by atoms with Gasteiger partial charge in [0.05, 0.1) is 25.4 Å². The number of aliphatic hydroxyl groups excluding tert-OH is 2. The molecule has 2 atom stereocenters. The number of carbonyl (C=O) groups is 2. The third-order valence-corrected chi connectivity index (χ3v) is 15.6. The van der Waals surface area contributed by atoms with Crippen LogP contribution in [0.3, 0.4) is 0 Å². The third-order valence-electron chi connectivity index (χ3n) is 15.6. The summed E-state index contributed by atoms with van der Waals surface area (Å²) in [5.41, 5.74) is 0. The van der Waals surface area contributed by atoms with E-state index in [0.29, 0.717) is 25.9 Å². The molecule has 0 aromatic rings. The maximum absolute atomic E-state index is 12.5. The first-order valence-electron chi connectivity index (χ1n) is 33.9. The summed E-state index contributed by atoms with van der Waals surface area (Å²) in [7, 11) is 0. The Morgan fingerprint density at radius 3 is 1.03 bits per heavy atom. The maximum Gasteiger partial charge on any atom is 0.305 e. The highest BCUT2D eigenvalue weighted by Gasteiger charge is 2.20. The number of rotatable bonds is 63. The van der Waals surface area contributed by atoms with Crippen LogP contribution in [-0.4, -0.2) is 47.4 Å². The van der Waals surface area contributed by atoms with Gasteiger partial charge < -0.3 is 20.3 Å². The molecule has 0 aliphatic carbocycles. The Labute approximate surface area is 474 Å². The van der Waals surface area contributed by atoms with Crippen molar-refractivity contribution in [1.82, 2.24) is 5.32 Å². The van der Waals surface area contributed by atoms with Crippen molar-refractivity contribution in [2.45, 2.75) is 373 Å². The molecular weight excluding hydrogens is 935 g/mol. The Balaban J connectivity index is 3.39. The van der Waals surface area contributed by atoms with Crippen LogP contribution >= 0.6 is 0 Å². The van der Waals surface area contributed by atoms with Crippen LogP contribution in [0.1, 0.15) is 361 Å². The Bertz CT molecular complexity index is 1270. The van der Waals surface area contributed by atoms with Crippen LogP contribution in [0.5, 0.6) is 0 Å². The van der Waals surface area contributed by atoms with Gasteiger partial charge in [0.25, 0.3) is 0 Å². The van der Waals surface area contributed by atoms with E-state index in [1.54, 1.807) is 0 Å². The highest BCUT2D eigenvalue weighted by Crippen LogP contribution is 2.18. The number of carbonyl (C=O) groups excluding carboxylic acids is 2. The highest BCUT2D eigenvalue weighted by atomic mass is 16.5. The molecule has 446 valence electrons. The number of nitrogens with one attached hydrogen (secondary N) is 1. The molecule has 0 rings (SSSR count). The molecule has 0 aliphatic heterocycles. The van der Waals surface area contributed by atoms with E-state index in [4.69, 9.17) is 4.74 Å². The van der Waals surface area contributed by atoms with E-state index in [0.717, 1.165) is 57.8 Å². The Kier molecular flexibility index (Phi) is 63.5. The summed E-state index contributed by atoms with van der Waals surface area (Å²) in [5, 5.41) is 23.3. The zero-order chi connectivity index (χ0) is 55.0. The van der Waals surface area contributed by atoms with Gasteiger partial charge in [0, 0.05) is 12.8 Å². The van der Waals surface area contributed by atoms with Gasteiger partial charge in [-0.1, -0.05) is 306 Å². The zero-order valence-corrected chi connectivity index (χ0v) is 51.0. The van der Waals surface area contributed by atoms with E-state index in [1.165, 1.54) is 270 Å². The molecule has 0 spiro atoms.